The molecule has 0 atom stereocenters. The highest BCUT2D eigenvalue weighted by atomic mass is 15.2. The van der Waals surface area contributed by atoms with Crippen LogP contribution in [0.25, 0.3) is 55.2 Å². The monoisotopic (exact) mass is 751 g/mol. The molecule has 0 fully saturated rings. The van der Waals surface area contributed by atoms with Crippen molar-refractivity contribution in [3.8, 4) is 33.6 Å². The molecule has 0 N–H and O–H groups in total. The number of rotatable bonds is 5. The second-order valence-electron chi connectivity index (χ2n) is 15.3. The van der Waals surface area contributed by atoms with Crippen molar-refractivity contribution in [2.45, 2.75) is 0 Å². The molecule has 0 saturated carbocycles. The lowest BCUT2D eigenvalue weighted by molar-refractivity contribution is 1.05. The predicted octanol–water partition coefficient (Wildman–Crippen LogP) is 11.3. The molecule has 3 heterocycles. The van der Waals surface area contributed by atoms with Gasteiger partial charge in [-0.15, -0.1) is 0 Å². The molecule has 0 spiro atoms. The molecule has 12 rings (SSSR count). The molecule has 0 amide bonds. The van der Waals surface area contributed by atoms with E-state index >= 15 is 0 Å². The normalized spacial score (nSPS) is 12.6. The van der Waals surface area contributed by atoms with Gasteiger partial charge < -0.3 is 9.80 Å². The number of nitrogens with zero attached hydrogens (tertiary/aromatic N) is 5. The van der Waals surface area contributed by atoms with Gasteiger partial charge in [-0.2, -0.15) is 0 Å². The Morgan fingerprint density at radius 2 is 0.729 bits per heavy atom. The maximum Gasteiger partial charge on any atom is 0.252 e. The Hall–Kier alpha value is -7.83. The largest absolute Gasteiger partial charge is 0.311 e. The molecule has 0 radical (unpaired) electrons. The summed E-state index contributed by atoms with van der Waals surface area (Å²) in [5, 5.41) is 4.84. The molecule has 2 aliphatic heterocycles. The second kappa shape index (κ2) is 13.4. The number of fused-ring (bicyclic) bond motifs is 6. The van der Waals surface area contributed by atoms with Crippen LogP contribution in [0.2, 0.25) is 0 Å². The standard InChI is InChI=1S/C53H34BN5/c1-3-11-35(12-4-1)37-19-23-44(24-20-37)58-48-29-41-17-9-7-15-39(41)27-46(48)54-47-28-40-16-8-10-18-42(40)30-49(47)59(45-25-21-38(22-26-45)36-13-5-2-6-14-36)51-32-43(31-50(58)52(51)54)53-56-33-55-34-57-53/h1-34H. The van der Waals surface area contributed by atoms with Crippen molar-refractivity contribution in [3.63, 3.8) is 0 Å². The highest BCUT2D eigenvalue weighted by Crippen LogP contribution is 2.47. The summed E-state index contributed by atoms with van der Waals surface area (Å²) in [5.74, 6) is 0.628. The van der Waals surface area contributed by atoms with E-state index in [2.05, 4.69) is 209 Å². The van der Waals surface area contributed by atoms with Crippen LogP contribution in [-0.2, 0) is 0 Å². The van der Waals surface area contributed by atoms with Crippen molar-refractivity contribution >= 4 is 78.8 Å². The van der Waals surface area contributed by atoms with E-state index in [4.69, 9.17) is 9.97 Å². The first-order valence-electron chi connectivity index (χ1n) is 20.0. The first kappa shape index (κ1) is 33.3. The van der Waals surface area contributed by atoms with Crippen molar-refractivity contribution in [1.29, 1.82) is 0 Å². The van der Waals surface area contributed by atoms with Crippen LogP contribution in [0.4, 0.5) is 34.1 Å². The van der Waals surface area contributed by atoms with E-state index < -0.39 is 0 Å². The predicted molar refractivity (Wildman–Crippen MR) is 245 cm³/mol. The van der Waals surface area contributed by atoms with E-state index in [9.17, 15) is 0 Å². The van der Waals surface area contributed by atoms with E-state index in [-0.39, 0.29) is 6.71 Å². The van der Waals surface area contributed by atoms with Crippen molar-refractivity contribution < 1.29 is 0 Å². The van der Waals surface area contributed by atoms with Crippen LogP contribution in [-0.4, -0.2) is 21.7 Å². The molecule has 59 heavy (non-hydrogen) atoms. The van der Waals surface area contributed by atoms with Crippen LogP contribution in [0.1, 0.15) is 0 Å². The Labute approximate surface area is 342 Å². The lowest BCUT2D eigenvalue weighted by atomic mass is 9.33. The third-order valence-electron chi connectivity index (χ3n) is 12.0. The minimum atomic E-state index is -0.0497. The molecule has 0 saturated heterocycles. The molecule has 0 aliphatic carbocycles. The number of hydrogen-bond donors (Lipinski definition) is 0. The molecule has 274 valence electrons. The van der Waals surface area contributed by atoms with Gasteiger partial charge in [-0.25, -0.2) is 15.0 Å². The van der Waals surface area contributed by atoms with Gasteiger partial charge in [0.15, 0.2) is 5.82 Å². The van der Waals surface area contributed by atoms with Crippen molar-refractivity contribution in [2.75, 3.05) is 9.80 Å². The maximum atomic E-state index is 4.71. The van der Waals surface area contributed by atoms with E-state index in [1.54, 1.807) is 12.7 Å². The van der Waals surface area contributed by atoms with Crippen LogP contribution in [0.15, 0.2) is 207 Å². The number of anilines is 6. The van der Waals surface area contributed by atoms with Crippen LogP contribution >= 0.6 is 0 Å². The van der Waals surface area contributed by atoms with Gasteiger partial charge in [0.25, 0.3) is 6.71 Å². The van der Waals surface area contributed by atoms with Crippen molar-refractivity contribution in [1.82, 2.24) is 15.0 Å². The van der Waals surface area contributed by atoms with Gasteiger partial charge in [-0.3, -0.25) is 0 Å². The summed E-state index contributed by atoms with van der Waals surface area (Å²) in [5.41, 5.74) is 16.1. The third-order valence-corrected chi connectivity index (χ3v) is 12.0. The van der Waals surface area contributed by atoms with Gasteiger partial charge in [0, 0.05) is 39.7 Å². The zero-order valence-corrected chi connectivity index (χ0v) is 31.9. The zero-order valence-electron chi connectivity index (χ0n) is 31.9. The Morgan fingerprint density at radius 3 is 1.17 bits per heavy atom. The Bertz CT molecular complexity index is 3010. The van der Waals surface area contributed by atoms with E-state index in [0.29, 0.717) is 5.82 Å². The fourth-order valence-corrected chi connectivity index (χ4v) is 9.31. The Balaban J connectivity index is 1.17. The SMILES string of the molecule is c1ccc(-c2ccc(N3c4cc5ccccc5cc4B4c5cc6ccccc6cc5N(c5ccc(-c6ccccc6)cc5)c5cc(-c6ncncn6)cc3c54)cc2)cc1. The summed E-state index contributed by atoms with van der Waals surface area (Å²) >= 11 is 0. The smallest absolute Gasteiger partial charge is 0.252 e. The fourth-order valence-electron chi connectivity index (χ4n) is 9.31. The fraction of sp³-hybridized carbons (Fsp3) is 0. The van der Waals surface area contributed by atoms with Crippen LogP contribution in [0.3, 0.4) is 0 Å². The highest BCUT2D eigenvalue weighted by molar-refractivity contribution is 7.00. The van der Waals surface area contributed by atoms with Gasteiger partial charge in [-0.1, -0.05) is 146 Å². The summed E-state index contributed by atoms with van der Waals surface area (Å²) in [4.78, 5) is 18.5. The van der Waals surface area contributed by atoms with Crippen LogP contribution in [0.5, 0.6) is 0 Å². The first-order valence-corrected chi connectivity index (χ1v) is 20.0. The quantitative estimate of drug-likeness (QED) is 0.164. The van der Waals surface area contributed by atoms with E-state index in [1.165, 1.54) is 60.2 Å². The molecule has 9 aromatic carbocycles. The average molecular weight is 752 g/mol. The van der Waals surface area contributed by atoms with Crippen LogP contribution < -0.4 is 26.2 Å². The molecule has 6 heteroatoms. The van der Waals surface area contributed by atoms with E-state index in [1.807, 2.05) is 0 Å². The Morgan fingerprint density at radius 1 is 0.339 bits per heavy atom. The summed E-state index contributed by atoms with van der Waals surface area (Å²) in [6.45, 7) is -0.0497. The Kier molecular flexibility index (Phi) is 7.57. The lowest BCUT2D eigenvalue weighted by Crippen LogP contribution is -2.61. The number of benzene rings is 9. The summed E-state index contributed by atoms with van der Waals surface area (Å²) < 4.78 is 0. The molecular weight excluding hydrogens is 717 g/mol. The highest BCUT2D eigenvalue weighted by Gasteiger charge is 2.44. The topological polar surface area (TPSA) is 45.2 Å². The summed E-state index contributed by atoms with van der Waals surface area (Å²) in [7, 11) is 0. The molecule has 1 aromatic heterocycles. The minimum Gasteiger partial charge on any atom is -0.311 e. The van der Waals surface area contributed by atoms with Gasteiger partial charge in [0.2, 0.25) is 0 Å². The molecular formula is C53H34BN5. The second-order valence-corrected chi connectivity index (χ2v) is 15.3. The van der Waals surface area contributed by atoms with Crippen molar-refractivity contribution in [2.24, 2.45) is 0 Å². The summed E-state index contributed by atoms with van der Waals surface area (Å²) in [6, 6.07) is 70.8. The van der Waals surface area contributed by atoms with Crippen LogP contribution in [0, 0.1) is 0 Å². The van der Waals surface area contributed by atoms with Crippen molar-refractivity contribution in [3.05, 3.63) is 207 Å². The van der Waals surface area contributed by atoms with E-state index in [0.717, 1.165) is 39.7 Å². The molecule has 2 aliphatic rings. The summed E-state index contributed by atoms with van der Waals surface area (Å²) in [6.07, 6.45) is 3.16. The lowest BCUT2D eigenvalue weighted by Gasteiger charge is -2.44. The average Bonchev–Trinajstić information content (AvgIpc) is 3.31. The maximum absolute atomic E-state index is 4.71. The molecule has 5 nitrogen and oxygen atoms in total. The van der Waals surface area contributed by atoms with Gasteiger partial charge in [-0.05, 0) is 109 Å². The minimum absolute atomic E-state index is 0.0497. The van der Waals surface area contributed by atoms with Gasteiger partial charge >= 0.3 is 0 Å². The zero-order chi connectivity index (χ0) is 38.9. The molecule has 0 unspecified atom stereocenters. The number of aromatic nitrogens is 3. The first-order chi connectivity index (χ1) is 29.2. The molecule has 0 bridgehead atoms. The van der Waals surface area contributed by atoms with Gasteiger partial charge in [0.05, 0.1) is 0 Å². The van der Waals surface area contributed by atoms with Gasteiger partial charge in [0.1, 0.15) is 12.7 Å². The third kappa shape index (κ3) is 5.45. The molecule has 10 aromatic rings. The number of hydrogen-bond acceptors (Lipinski definition) is 5.